The van der Waals surface area contributed by atoms with Crippen LogP contribution in [0.2, 0.25) is 0 Å². The Hall–Kier alpha value is -3.40. The number of carbonyl (C=O) groups is 1. The fraction of sp³-hybridized carbons (Fsp3) is 0.211. The van der Waals surface area contributed by atoms with E-state index in [1.165, 1.54) is 24.5 Å². The minimum atomic E-state index is -4.47. The molecule has 0 saturated heterocycles. The summed E-state index contributed by atoms with van der Waals surface area (Å²) in [5.74, 6) is -0.139. The Bertz CT molecular complexity index is 989. The molecule has 1 aromatic heterocycles. The second kappa shape index (κ2) is 7.21. The molecule has 4 rings (SSSR count). The molecule has 3 heterocycles. The van der Waals surface area contributed by atoms with Gasteiger partial charge in [-0.05, 0) is 30.7 Å². The molecule has 0 radical (unpaired) electrons. The maximum atomic E-state index is 13.4. The van der Waals surface area contributed by atoms with Gasteiger partial charge >= 0.3 is 6.18 Å². The third-order valence-corrected chi connectivity index (χ3v) is 4.60. The van der Waals surface area contributed by atoms with Crippen molar-refractivity contribution in [2.75, 3.05) is 0 Å². The van der Waals surface area contributed by atoms with E-state index >= 15 is 0 Å². The van der Waals surface area contributed by atoms with Crippen LogP contribution in [0, 0.1) is 0 Å². The third-order valence-electron chi connectivity index (χ3n) is 4.60. The summed E-state index contributed by atoms with van der Waals surface area (Å²) in [6.07, 6.45) is 1.49. The summed E-state index contributed by atoms with van der Waals surface area (Å²) >= 11 is 0. The van der Waals surface area contributed by atoms with Gasteiger partial charge in [0.2, 0.25) is 5.82 Å². The number of nitrogens with one attached hydrogen (secondary N) is 3. The molecule has 2 aliphatic heterocycles. The minimum Gasteiger partial charge on any atom is -0.361 e. The van der Waals surface area contributed by atoms with Crippen LogP contribution in [-0.2, 0) is 6.18 Å². The summed E-state index contributed by atoms with van der Waals surface area (Å²) in [7, 11) is 0. The molecule has 7 nitrogen and oxygen atoms in total. The van der Waals surface area contributed by atoms with Crippen molar-refractivity contribution >= 4 is 5.91 Å². The number of hydrogen-bond donors (Lipinski definition) is 3. The van der Waals surface area contributed by atoms with Crippen molar-refractivity contribution in [3.8, 4) is 0 Å². The first-order valence-electron chi connectivity index (χ1n) is 8.80. The molecule has 0 bridgehead atoms. The molecule has 150 valence electrons. The summed E-state index contributed by atoms with van der Waals surface area (Å²) in [5, 5.41) is 7.47. The molecular weight excluding hydrogens is 385 g/mol. The van der Waals surface area contributed by atoms with E-state index in [1.54, 1.807) is 36.2 Å². The lowest BCUT2D eigenvalue weighted by Gasteiger charge is -2.35. The van der Waals surface area contributed by atoms with Gasteiger partial charge in [0, 0.05) is 12.4 Å². The van der Waals surface area contributed by atoms with Gasteiger partial charge in [0.05, 0.1) is 17.3 Å². The first kappa shape index (κ1) is 18.9. The van der Waals surface area contributed by atoms with Crippen molar-refractivity contribution in [3.63, 3.8) is 0 Å². The molecule has 3 N–H and O–H groups in total. The Morgan fingerprint density at radius 3 is 2.59 bits per heavy atom. The fourth-order valence-electron chi connectivity index (χ4n) is 3.30. The number of amides is 1. The molecule has 1 aromatic carbocycles. The van der Waals surface area contributed by atoms with E-state index in [0.29, 0.717) is 11.5 Å². The highest BCUT2D eigenvalue weighted by Gasteiger charge is 2.38. The molecule has 2 aliphatic rings. The van der Waals surface area contributed by atoms with Crippen molar-refractivity contribution in [2.24, 2.45) is 0 Å². The van der Waals surface area contributed by atoms with Crippen LogP contribution in [0.3, 0.4) is 0 Å². The highest BCUT2D eigenvalue weighted by Crippen LogP contribution is 2.36. The van der Waals surface area contributed by atoms with Gasteiger partial charge in [-0.3, -0.25) is 9.80 Å². The molecule has 10 heteroatoms. The molecule has 0 fully saturated rings. The highest BCUT2D eigenvalue weighted by atomic mass is 19.4. The largest absolute Gasteiger partial charge is 0.416 e. The van der Waals surface area contributed by atoms with Crippen molar-refractivity contribution in [1.29, 1.82) is 0 Å². The van der Waals surface area contributed by atoms with Crippen molar-refractivity contribution in [3.05, 3.63) is 83.3 Å². The van der Waals surface area contributed by atoms with E-state index in [-0.39, 0.29) is 17.6 Å². The molecule has 29 heavy (non-hydrogen) atoms. The van der Waals surface area contributed by atoms with Gasteiger partial charge in [0.25, 0.3) is 5.91 Å². The summed E-state index contributed by atoms with van der Waals surface area (Å²) in [6.45, 7) is 1.76. The molecule has 0 saturated carbocycles. The highest BCUT2D eigenvalue weighted by molar-refractivity contribution is 5.91. The zero-order valence-electron chi connectivity index (χ0n) is 15.2. The van der Waals surface area contributed by atoms with Crippen molar-refractivity contribution in [2.45, 2.75) is 25.3 Å². The van der Waals surface area contributed by atoms with Crippen molar-refractivity contribution in [1.82, 2.24) is 31.0 Å². The number of alkyl halides is 3. The van der Waals surface area contributed by atoms with Crippen LogP contribution in [0.1, 0.15) is 34.7 Å². The van der Waals surface area contributed by atoms with E-state index in [0.717, 1.165) is 6.07 Å². The fourth-order valence-corrected chi connectivity index (χ4v) is 3.30. The molecule has 0 spiro atoms. The quantitative estimate of drug-likeness (QED) is 0.685. The predicted molar refractivity (Wildman–Crippen MR) is 97.4 cm³/mol. The number of halogens is 3. The lowest BCUT2D eigenvalue weighted by Crippen LogP contribution is -2.51. The average Bonchev–Trinajstić information content (AvgIpc) is 3.02. The van der Waals surface area contributed by atoms with Crippen LogP contribution in [0.5, 0.6) is 0 Å². The summed E-state index contributed by atoms with van der Waals surface area (Å²) in [6, 6.07) is 6.27. The van der Waals surface area contributed by atoms with Crippen LogP contribution < -0.4 is 16.1 Å². The number of hydrogen-bond acceptors (Lipinski definition) is 6. The van der Waals surface area contributed by atoms with Crippen LogP contribution in [0.25, 0.3) is 0 Å². The van der Waals surface area contributed by atoms with Gasteiger partial charge < -0.3 is 10.6 Å². The van der Waals surface area contributed by atoms with E-state index in [2.05, 4.69) is 26.0 Å². The van der Waals surface area contributed by atoms with E-state index < -0.39 is 23.7 Å². The number of aromatic nitrogens is 2. The maximum Gasteiger partial charge on any atom is 0.416 e. The van der Waals surface area contributed by atoms with E-state index in [1.807, 2.05) is 0 Å². The Labute approximate surface area is 164 Å². The van der Waals surface area contributed by atoms with Crippen LogP contribution in [0.4, 0.5) is 13.2 Å². The number of rotatable bonds is 3. The third kappa shape index (κ3) is 3.66. The molecule has 2 aromatic rings. The normalized spacial score (nSPS) is 21.0. The Kier molecular flexibility index (Phi) is 4.71. The first-order chi connectivity index (χ1) is 13.8. The zero-order chi connectivity index (χ0) is 20.6. The van der Waals surface area contributed by atoms with E-state index in [9.17, 15) is 18.0 Å². The summed E-state index contributed by atoms with van der Waals surface area (Å²) in [5.41, 5.74) is 3.09. The molecule has 1 amide bonds. The number of allylic oxidation sites excluding steroid dienone is 1. The van der Waals surface area contributed by atoms with Gasteiger partial charge in [0.15, 0.2) is 0 Å². The smallest absolute Gasteiger partial charge is 0.361 e. The lowest BCUT2D eigenvalue weighted by molar-refractivity contribution is -0.138. The topological polar surface area (TPSA) is 82.2 Å². The molecule has 2 unspecified atom stereocenters. The van der Waals surface area contributed by atoms with Crippen LogP contribution in [-0.4, -0.2) is 27.0 Å². The standard InChI is InChI=1S/C19H17F3N6O/c1-11-17(26-18(29)16-23-9-4-10-24-16)28-15(25-11)8-7-14(27-28)12-5-2-3-6-13(12)19(20,21)22/h2-10,14-15,25,27H,1H3,(H,26,29). The lowest BCUT2D eigenvalue weighted by atomic mass is 9.99. The van der Waals surface area contributed by atoms with Crippen molar-refractivity contribution < 1.29 is 18.0 Å². The van der Waals surface area contributed by atoms with Gasteiger partial charge in [-0.25, -0.2) is 15.4 Å². The van der Waals surface area contributed by atoms with Crippen LogP contribution in [0.15, 0.2) is 66.4 Å². The zero-order valence-corrected chi connectivity index (χ0v) is 15.2. The first-order valence-corrected chi connectivity index (χ1v) is 8.80. The summed E-state index contributed by atoms with van der Waals surface area (Å²) in [4.78, 5) is 20.3. The Morgan fingerprint density at radius 1 is 1.14 bits per heavy atom. The van der Waals surface area contributed by atoms with Gasteiger partial charge in [-0.15, -0.1) is 0 Å². The molecular formula is C19H17F3N6O. The second-order valence-electron chi connectivity index (χ2n) is 6.54. The average molecular weight is 402 g/mol. The Morgan fingerprint density at radius 2 is 1.86 bits per heavy atom. The van der Waals surface area contributed by atoms with Gasteiger partial charge in [0.1, 0.15) is 12.0 Å². The minimum absolute atomic E-state index is 0.0113. The molecule has 0 aliphatic carbocycles. The predicted octanol–water partition coefficient (Wildman–Crippen LogP) is 2.46. The number of nitrogens with zero attached hydrogens (tertiary/aromatic N) is 3. The maximum absolute atomic E-state index is 13.4. The van der Waals surface area contributed by atoms with Crippen LogP contribution >= 0.6 is 0 Å². The van der Waals surface area contributed by atoms with Gasteiger partial charge in [-0.2, -0.15) is 13.2 Å². The monoisotopic (exact) mass is 402 g/mol. The van der Waals surface area contributed by atoms with E-state index in [4.69, 9.17) is 0 Å². The number of hydrazine groups is 1. The Balaban J connectivity index is 1.59. The number of benzene rings is 1. The molecule has 2 atom stereocenters. The number of carbonyl (C=O) groups excluding carboxylic acids is 1. The summed E-state index contributed by atoms with van der Waals surface area (Å²) < 4.78 is 40.2. The number of fused-ring (bicyclic) bond motifs is 1. The van der Waals surface area contributed by atoms with Gasteiger partial charge in [-0.1, -0.05) is 24.3 Å². The second-order valence-corrected chi connectivity index (χ2v) is 6.54. The SMILES string of the molecule is CC1=C(NC(=O)c2ncccn2)N2NC(c3ccccc3C(F)(F)F)C=CC2N1.